The minimum atomic E-state index is -0.455. The molecule has 0 radical (unpaired) electrons. The third-order valence-electron chi connectivity index (χ3n) is 5.54. The van der Waals surface area contributed by atoms with Crippen molar-refractivity contribution in [3.05, 3.63) is 79.5 Å². The zero-order valence-electron chi connectivity index (χ0n) is 17.2. The quantitative estimate of drug-likeness (QED) is 0.440. The molecule has 5 rings (SSSR count). The largest absolute Gasteiger partial charge is 0.457 e. The second-order valence-corrected chi connectivity index (χ2v) is 7.54. The van der Waals surface area contributed by atoms with Gasteiger partial charge in [0.05, 0.1) is 11.4 Å². The Balaban J connectivity index is 1.50. The van der Waals surface area contributed by atoms with Gasteiger partial charge in [0.2, 0.25) is 5.91 Å². The Kier molecular flexibility index (Phi) is 5.10. The number of hydrogen-bond donors (Lipinski definition) is 0. The number of benzene rings is 2. The number of halogens is 1. The van der Waals surface area contributed by atoms with E-state index in [2.05, 4.69) is 16.5 Å². The summed E-state index contributed by atoms with van der Waals surface area (Å²) in [6.45, 7) is 4.66. The van der Waals surface area contributed by atoms with Crippen LogP contribution in [0.15, 0.2) is 73.7 Å². The van der Waals surface area contributed by atoms with Gasteiger partial charge in [-0.05, 0) is 36.8 Å². The highest BCUT2D eigenvalue weighted by atomic mass is 19.1. The van der Waals surface area contributed by atoms with Gasteiger partial charge in [-0.15, -0.1) is 0 Å². The number of ether oxygens (including phenoxy) is 1. The van der Waals surface area contributed by atoms with Crippen LogP contribution in [-0.2, 0) is 4.79 Å². The predicted molar refractivity (Wildman–Crippen MR) is 118 cm³/mol. The van der Waals surface area contributed by atoms with E-state index in [9.17, 15) is 4.79 Å². The molecule has 1 atom stereocenters. The Hall–Kier alpha value is -4.07. The van der Waals surface area contributed by atoms with Gasteiger partial charge in [-0.2, -0.15) is 5.10 Å². The van der Waals surface area contributed by atoms with E-state index in [-0.39, 0.29) is 11.9 Å². The van der Waals surface area contributed by atoms with E-state index in [0.717, 1.165) is 6.42 Å². The Morgan fingerprint density at radius 1 is 1.19 bits per heavy atom. The van der Waals surface area contributed by atoms with Crippen molar-refractivity contribution in [2.45, 2.75) is 12.5 Å². The highest BCUT2D eigenvalue weighted by molar-refractivity contribution is 5.91. The molecule has 3 heterocycles. The summed E-state index contributed by atoms with van der Waals surface area (Å²) in [4.78, 5) is 22.2. The van der Waals surface area contributed by atoms with Gasteiger partial charge in [0.1, 0.15) is 29.3 Å². The summed E-state index contributed by atoms with van der Waals surface area (Å²) in [5.41, 5.74) is 1.40. The molecule has 7 nitrogen and oxygen atoms in total. The van der Waals surface area contributed by atoms with Crippen LogP contribution in [0.3, 0.4) is 0 Å². The molecule has 1 aliphatic rings. The number of nitrogens with zero attached hydrogens (tertiary/aromatic N) is 5. The smallest absolute Gasteiger partial charge is 0.246 e. The number of fused-ring (bicyclic) bond motifs is 1. The fraction of sp³-hybridized carbons (Fsp3) is 0.167. The van der Waals surface area contributed by atoms with Crippen LogP contribution in [0.1, 0.15) is 12.5 Å². The Morgan fingerprint density at radius 2 is 2.03 bits per heavy atom. The van der Waals surface area contributed by atoms with E-state index in [0.29, 0.717) is 46.9 Å². The van der Waals surface area contributed by atoms with Gasteiger partial charge < -0.3 is 9.64 Å². The van der Waals surface area contributed by atoms with Crippen molar-refractivity contribution < 1.29 is 13.9 Å². The average Bonchev–Trinajstić information content (AvgIpc) is 3.45. The molecule has 2 aromatic carbocycles. The number of carbonyl (C=O) groups is 1. The Labute approximate surface area is 183 Å². The molecule has 1 amide bonds. The van der Waals surface area contributed by atoms with Crippen molar-refractivity contribution in [2.24, 2.45) is 0 Å². The van der Waals surface area contributed by atoms with Crippen LogP contribution in [0, 0.1) is 5.82 Å². The van der Waals surface area contributed by atoms with Crippen molar-refractivity contribution >= 4 is 16.9 Å². The van der Waals surface area contributed by atoms with E-state index in [1.54, 1.807) is 40.0 Å². The lowest BCUT2D eigenvalue weighted by Crippen LogP contribution is -2.27. The minimum absolute atomic E-state index is 0.0613. The molecule has 0 unspecified atom stereocenters. The molecule has 0 bridgehead atoms. The number of para-hydroxylation sites is 1. The van der Waals surface area contributed by atoms with Gasteiger partial charge in [0.25, 0.3) is 0 Å². The van der Waals surface area contributed by atoms with Crippen LogP contribution in [-0.4, -0.2) is 43.6 Å². The first-order chi connectivity index (χ1) is 15.6. The Morgan fingerprint density at radius 3 is 2.81 bits per heavy atom. The molecular weight excluding hydrogens is 409 g/mol. The van der Waals surface area contributed by atoms with Gasteiger partial charge in [-0.1, -0.05) is 24.8 Å². The zero-order chi connectivity index (χ0) is 22.1. The third kappa shape index (κ3) is 3.60. The first-order valence-electron chi connectivity index (χ1n) is 10.3. The van der Waals surface area contributed by atoms with E-state index in [1.807, 2.05) is 18.2 Å². The van der Waals surface area contributed by atoms with Gasteiger partial charge in [0, 0.05) is 30.9 Å². The van der Waals surface area contributed by atoms with Crippen molar-refractivity contribution in [3.8, 4) is 22.8 Å². The molecule has 160 valence electrons. The van der Waals surface area contributed by atoms with Crippen molar-refractivity contribution in [1.82, 2.24) is 24.6 Å². The maximum Gasteiger partial charge on any atom is 0.246 e. The molecular formula is C24H20FN5O2. The van der Waals surface area contributed by atoms with Crippen LogP contribution >= 0.6 is 0 Å². The Bertz CT molecular complexity index is 1300. The molecule has 0 spiro atoms. The average molecular weight is 429 g/mol. The summed E-state index contributed by atoms with van der Waals surface area (Å²) in [5.74, 6) is 0.456. The summed E-state index contributed by atoms with van der Waals surface area (Å²) in [6, 6.07) is 13.8. The lowest BCUT2D eigenvalue weighted by Gasteiger charge is -2.14. The normalized spacial score (nSPS) is 15.8. The molecule has 32 heavy (non-hydrogen) atoms. The van der Waals surface area contributed by atoms with Crippen molar-refractivity contribution in [3.63, 3.8) is 0 Å². The maximum atomic E-state index is 15.1. The summed E-state index contributed by atoms with van der Waals surface area (Å²) in [6.07, 6.45) is 5.12. The lowest BCUT2D eigenvalue weighted by molar-refractivity contribution is -0.125. The number of hydrogen-bond acceptors (Lipinski definition) is 5. The highest BCUT2D eigenvalue weighted by Crippen LogP contribution is 2.34. The molecule has 8 heteroatoms. The van der Waals surface area contributed by atoms with Gasteiger partial charge >= 0.3 is 0 Å². The molecule has 2 aromatic heterocycles. The second kappa shape index (κ2) is 8.22. The van der Waals surface area contributed by atoms with Crippen molar-refractivity contribution in [2.75, 3.05) is 13.1 Å². The van der Waals surface area contributed by atoms with Gasteiger partial charge in [-0.25, -0.2) is 19.0 Å². The molecule has 0 aliphatic carbocycles. The first kappa shape index (κ1) is 19.9. The molecule has 1 aliphatic heterocycles. The second-order valence-electron chi connectivity index (χ2n) is 7.54. The molecule has 0 N–H and O–H groups in total. The molecule has 1 fully saturated rings. The molecule has 4 aromatic rings. The zero-order valence-corrected chi connectivity index (χ0v) is 17.2. The van der Waals surface area contributed by atoms with E-state index in [1.165, 1.54) is 18.5 Å². The fourth-order valence-corrected chi connectivity index (χ4v) is 3.98. The topological polar surface area (TPSA) is 73.1 Å². The van der Waals surface area contributed by atoms with E-state index >= 15 is 4.39 Å². The number of likely N-dealkylation sites (tertiary alicyclic amines) is 1. The van der Waals surface area contributed by atoms with E-state index < -0.39 is 5.82 Å². The number of amides is 1. The van der Waals surface area contributed by atoms with Crippen molar-refractivity contribution in [1.29, 1.82) is 0 Å². The maximum absolute atomic E-state index is 15.1. The van der Waals surface area contributed by atoms with Gasteiger partial charge in [-0.3, -0.25) is 4.79 Å². The monoisotopic (exact) mass is 429 g/mol. The summed E-state index contributed by atoms with van der Waals surface area (Å²) >= 11 is 0. The molecule has 1 saturated heterocycles. The van der Waals surface area contributed by atoms with Gasteiger partial charge in [0.15, 0.2) is 5.65 Å². The summed E-state index contributed by atoms with van der Waals surface area (Å²) in [7, 11) is 0. The van der Waals surface area contributed by atoms with Crippen LogP contribution < -0.4 is 4.74 Å². The molecule has 0 saturated carbocycles. The SMILES string of the molecule is C=CC(=O)N1CC[C@@H](n2nc(-c3ccc(Oc4ccccc4)cc3F)c3cncnc32)C1. The van der Waals surface area contributed by atoms with E-state index in [4.69, 9.17) is 9.84 Å². The van der Waals surface area contributed by atoms with Crippen LogP contribution in [0.2, 0.25) is 0 Å². The number of rotatable bonds is 5. The standard InChI is InChI=1S/C24H20FN5O2/c1-2-22(31)29-11-10-16(14-29)30-24-20(13-26-15-27-24)23(28-30)19-9-8-18(12-21(19)25)32-17-6-4-3-5-7-17/h2-9,12-13,15-16H,1,10-11,14H2/t16-/m1/s1. The predicted octanol–water partition coefficient (Wildman–Crippen LogP) is 4.38. The summed E-state index contributed by atoms with van der Waals surface area (Å²) in [5, 5.41) is 5.35. The number of aromatic nitrogens is 4. The summed E-state index contributed by atoms with van der Waals surface area (Å²) < 4.78 is 22.6. The fourth-order valence-electron chi connectivity index (χ4n) is 3.98. The highest BCUT2D eigenvalue weighted by Gasteiger charge is 2.29. The van der Waals surface area contributed by atoms with Crippen LogP contribution in [0.4, 0.5) is 4.39 Å². The van der Waals surface area contributed by atoms with Crippen LogP contribution in [0.25, 0.3) is 22.3 Å². The first-order valence-corrected chi connectivity index (χ1v) is 10.3. The number of carbonyl (C=O) groups excluding carboxylic acids is 1. The lowest BCUT2D eigenvalue weighted by atomic mass is 10.1. The van der Waals surface area contributed by atoms with Crippen LogP contribution in [0.5, 0.6) is 11.5 Å². The third-order valence-corrected chi connectivity index (χ3v) is 5.54. The minimum Gasteiger partial charge on any atom is -0.457 e.